The molecule has 0 fully saturated rings. The third-order valence-electron chi connectivity index (χ3n) is 4.81. The molecule has 0 saturated carbocycles. The van der Waals surface area contributed by atoms with Crippen molar-refractivity contribution in [1.29, 1.82) is 0 Å². The molecule has 1 aliphatic rings. The van der Waals surface area contributed by atoms with E-state index in [-0.39, 0.29) is 88.2 Å². The number of hydrogen-bond acceptors (Lipinski definition) is 6. The molecule has 1 atom stereocenters. The van der Waals surface area contributed by atoms with E-state index in [1.54, 1.807) is 69.3 Å². The van der Waals surface area contributed by atoms with Gasteiger partial charge in [0.2, 0.25) is 0 Å². The molecule has 2 N–H and O–H groups in total. The molecular weight excluding hydrogens is 489 g/mol. The molecule has 158 valence electrons. The molecule has 0 aliphatic heterocycles. The van der Waals surface area contributed by atoms with E-state index in [1.807, 2.05) is 0 Å². The average molecular weight is 513 g/mol. The molecule has 0 amide bonds. The maximum atomic E-state index is 13.2. The molecule has 0 heterocycles. The van der Waals surface area contributed by atoms with Crippen LogP contribution in [0.5, 0.6) is 0 Å². The minimum Gasteiger partial charge on any atom is -0.386 e. The molecule has 31 heavy (non-hydrogen) atoms. The van der Waals surface area contributed by atoms with Gasteiger partial charge < -0.3 is 24.4 Å². The Bertz CT molecular complexity index is 1050. The quantitative estimate of drug-likeness (QED) is 0.191. The van der Waals surface area contributed by atoms with Crippen LogP contribution in [-0.2, 0) is 18.4 Å². The van der Waals surface area contributed by atoms with Crippen LogP contribution in [-0.4, -0.2) is 30.6 Å². The Morgan fingerprint density at radius 1 is 1.06 bits per heavy atom. The molecule has 7 nitrogen and oxygen atoms in total. The van der Waals surface area contributed by atoms with Gasteiger partial charge in [-0.2, -0.15) is 11.6 Å². The zero-order chi connectivity index (χ0) is 21.9. The number of nitrogens with zero attached hydrogens (tertiary/aromatic N) is 1. The summed E-state index contributed by atoms with van der Waals surface area (Å²) >= 11 is 0. The van der Waals surface area contributed by atoms with Crippen LogP contribution in [0.4, 0.5) is 5.69 Å². The van der Waals surface area contributed by atoms with Crippen LogP contribution < -0.4 is 69.2 Å². The third kappa shape index (κ3) is 5.36. The standard InChI is InChI=1S/C22H24N2O5P.Rb/c1-4-28-30(27,29-5-2)18-13-9-8-12-17(18)24-22(23)19-20(25)14(3)15-10-6-7-11-16(15)21(19)26;/h6-13,19H,4-5H2,1-3H3,(H2,23,24);/q-1;+1. The number of carbonyl (C=O) groups is 2. The number of Topliss-reactive ketones (excluding diaryl/α,β-unsaturated/α-hetero) is 2. The minimum absolute atomic E-state index is 0. The first-order valence-electron chi connectivity index (χ1n) is 9.68. The maximum absolute atomic E-state index is 13.2. The van der Waals surface area contributed by atoms with Gasteiger partial charge in [-0.25, -0.2) is 4.99 Å². The largest absolute Gasteiger partial charge is 1.00 e. The number of amidine groups is 1. The van der Waals surface area contributed by atoms with E-state index in [1.165, 1.54) is 0 Å². The average Bonchev–Trinajstić information content (AvgIpc) is 2.73. The fourth-order valence-electron chi connectivity index (χ4n) is 3.43. The molecule has 0 spiro atoms. The molecule has 0 aromatic heterocycles. The van der Waals surface area contributed by atoms with Crippen LogP contribution in [0.2, 0.25) is 0 Å². The fraction of sp³-hybridized carbons (Fsp3) is 0.273. The number of para-hydroxylation sites is 1. The van der Waals surface area contributed by atoms with Crippen LogP contribution in [0.1, 0.15) is 36.7 Å². The molecule has 3 rings (SSSR count). The number of ketones is 2. The van der Waals surface area contributed by atoms with Crippen molar-refractivity contribution in [3.63, 3.8) is 0 Å². The van der Waals surface area contributed by atoms with Crippen molar-refractivity contribution < 1.29 is 81.4 Å². The molecular formula is C22H24N2O5PRb. The molecule has 0 bridgehead atoms. The number of hydrogen-bond donors (Lipinski definition) is 1. The van der Waals surface area contributed by atoms with E-state index in [9.17, 15) is 14.2 Å². The van der Waals surface area contributed by atoms with Gasteiger partial charge in [0.25, 0.3) is 0 Å². The van der Waals surface area contributed by atoms with Crippen LogP contribution in [0, 0.1) is 11.8 Å². The fourth-order valence-corrected chi connectivity index (χ4v) is 5.13. The van der Waals surface area contributed by atoms with Gasteiger partial charge in [0.1, 0.15) is 23.3 Å². The van der Waals surface area contributed by atoms with E-state index in [4.69, 9.17) is 14.8 Å². The van der Waals surface area contributed by atoms with Gasteiger partial charge in [-0.1, -0.05) is 30.7 Å². The van der Waals surface area contributed by atoms with Crippen molar-refractivity contribution in [2.24, 2.45) is 16.6 Å². The molecule has 2 aromatic carbocycles. The van der Waals surface area contributed by atoms with Crippen LogP contribution in [0.3, 0.4) is 0 Å². The number of aliphatic imine (C=N–C) groups is 1. The van der Waals surface area contributed by atoms with Gasteiger partial charge in [-0.15, -0.1) is 18.1 Å². The normalized spacial score (nSPS) is 16.7. The summed E-state index contributed by atoms with van der Waals surface area (Å²) in [5.41, 5.74) is 7.43. The summed E-state index contributed by atoms with van der Waals surface area (Å²) in [6.45, 7) is 5.44. The van der Waals surface area contributed by atoms with Crippen molar-refractivity contribution in [1.82, 2.24) is 0 Å². The van der Waals surface area contributed by atoms with Crippen molar-refractivity contribution in [2.75, 3.05) is 13.2 Å². The second kappa shape index (κ2) is 11.3. The van der Waals surface area contributed by atoms with E-state index in [0.29, 0.717) is 17.0 Å². The number of fused-ring (bicyclic) bond motifs is 1. The summed E-state index contributed by atoms with van der Waals surface area (Å²) in [5, 5.41) is 0.230. The number of rotatable bonds is 7. The van der Waals surface area contributed by atoms with Crippen LogP contribution in [0.25, 0.3) is 0 Å². The summed E-state index contributed by atoms with van der Waals surface area (Å²) in [5.74, 6) is -1.73. The first-order chi connectivity index (χ1) is 14.3. The Morgan fingerprint density at radius 2 is 1.65 bits per heavy atom. The second-order valence-electron chi connectivity index (χ2n) is 6.69. The Morgan fingerprint density at radius 3 is 2.29 bits per heavy atom. The molecule has 1 unspecified atom stereocenters. The molecule has 2 aromatic rings. The maximum Gasteiger partial charge on any atom is 1.00 e. The smallest absolute Gasteiger partial charge is 0.386 e. The van der Waals surface area contributed by atoms with Crippen molar-refractivity contribution in [2.45, 2.75) is 20.8 Å². The predicted octanol–water partition coefficient (Wildman–Crippen LogP) is 0.595. The van der Waals surface area contributed by atoms with Gasteiger partial charge in [0, 0.05) is 0 Å². The van der Waals surface area contributed by atoms with Gasteiger partial charge in [0.15, 0.2) is 0 Å². The number of benzene rings is 2. The first-order valence-corrected chi connectivity index (χ1v) is 11.2. The zero-order valence-electron chi connectivity index (χ0n) is 18.1. The van der Waals surface area contributed by atoms with Crippen LogP contribution >= 0.6 is 7.60 Å². The van der Waals surface area contributed by atoms with Gasteiger partial charge in [-0.05, 0) is 26.0 Å². The summed E-state index contributed by atoms with van der Waals surface area (Å²) in [7, 11) is -3.64. The number of carbonyl (C=O) groups excluding carboxylic acids is 2. The Hall–Kier alpha value is -0.925. The summed E-state index contributed by atoms with van der Waals surface area (Å²) in [6, 6.07) is 13.5. The van der Waals surface area contributed by atoms with E-state index in [2.05, 4.69) is 4.99 Å². The Labute approximate surface area is 231 Å². The SMILES string of the molecule is CCOP(=O)(OCC)c1ccccc1N=C(N)C1C(=O)c2ccccc2[C-](C)C1=O.[Rb+]. The van der Waals surface area contributed by atoms with Crippen molar-refractivity contribution >= 4 is 36.0 Å². The molecule has 1 aliphatic carbocycles. The predicted molar refractivity (Wildman–Crippen MR) is 116 cm³/mol. The summed E-state index contributed by atoms with van der Waals surface area (Å²) in [4.78, 5) is 30.2. The van der Waals surface area contributed by atoms with E-state index < -0.39 is 25.1 Å². The van der Waals surface area contributed by atoms with Gasteiger partial charge in [0.05, 0.1) is 24.2 Å². The van der Waals surface area contributed by atoms with Crippen molar-refractivity contribution in [3.8, 4) is 0 Å². The van der Waals surface area contributed by atoms with E-state index in [0.717, 1.165) is 0 Å². The third-order valence-corrected chi connectivity index (χ3v) is 6.98. The Kier molecular flexibility index (Phi) is 9.58. The van der Waals surface area contributed by atoms with E-state index >= 15 is 0 Å². The topological polar surface area (TPSA) is 108 Å². The summed E-state index contributed by atoms with van der Waals surface area (Å²) in [6.07, 6.45) is 0. The second-order valence-corrected chi connectivity index (χ2v) is 8.68. The Balaban J connectivity index is 0.00000341. The summed E-state index contributed by atoms with van der Waals surface area (Å²) < 4.78 is 24.1. The zero-order valence-corrected chi connectivity index (χ0v) is 23.9. The van der Waals surface area contributed by atoms with Gasteiger partial charge >= 0.3 is 65.8 Å². The minimum atomic E-state index is -3.64. The first kappa shape index (κ1) is 26.3. The van der Waals surface area contributed by atoms with Crippen molar-refractivity contribution in [3.05, 3.63) is 65.6 Å². The molecule has 0 radical (unpaired) electrons. The monoisotopic (exact) mass is 512 g/mol. The molecule has 0 saturated heterocycles. The molecule has 9 heteroatoms. The van der Waals surface area contributed by atoms with Gasteiger partial charge in [-0.3, -0.25) is 4.57 Å². The van der Waals surface area contributed by atoms with Crippen LogP contribution in [0.15, 0.2) is 53.5 Å². The number of nitrogens with two attached hydrogens (primary N) is 1.